The normalized spacial score (nSPS) is 13.4. The lowest BCUT2D eigenvalue weighted by Gasteiger charge is -2.24. The summed E-state index contributed by atoms with van der Waals surface area (Å²) in [5.41, 5.74) is 7.24. The quantitative estimate of drug-likeness (QED) is 0.636. The smallest absolute Gasteiger partial charge is 0.244 e. The first kappa shape index (κ1) is 16.6. The highest BCUT2D eigenvalue weighted by Crippen LogP contribution is 2.19. The van der Waals surface area contributed by atoms with Gasteiger partial charge in [-0.15, -0.1) is 11.8 Å². The maximum absolute atomic E-state index is 12.3. The van der Waals surface area contributed by atoms with E-state index in [1.54, 1.807) is 18.7 Å². The van der Waals surface area contributed by atoms with Gasteiger partial charge in [0.05, 0.1) is 0 Å². The topological polar surface area (TPSA) is 55.1 Å². The Labute approximate surface area is 136 Å². The van der Waals surface area contributed by atoms with Crippen LogP contribution in [0.2, 0.25) is 0 Å². The third-order valence-corrected chi connectivity index (χ3v) is 4.54. The number of nitrogens with one attached hydrogen (secondary N) is 1. The molecule has 2 aromatic rings. The molecule has 0 fully saturated rings. The van der Waals surface area contributed by atoms with Crippen molar-refractivity contribution < 1.29 is 4.79 Å². The molecule has 0 aliphatic carbocycles. The molecule has 3 nitrogen and oxygen atoms in total. The third-order valence-electron chi connectivity index (χ3n) is 3.52. The van der Waals surface area contributed by atoms with Gasteiger partial charge in [0.15, 0.2) is 0 Å². The Bertz CT molecular complexity index is 609. The van der Waals surface area contributed by atoms with Gasteiger partial charge in [-0.2, -0.15) is 0 Å². The number of amides is 1. The number of aryl methyl sites for hydroxylation is 1. The summed E-state index contributed by atoms with van der Waals surface area (Å²) in [6, 6.07) is 17.8. The van der Waals surface area contributed by atoms with Crippen LogP contribution in [0.4, 0.5) is 0 Å². The monoisotopic (exact) mass is 314 g/mol. The van der Waals surface area contributed by atoms with Crippen molar-refractivity contribution in [3.8, 4) is 0 Å². The highest BCUT2D eigenvalue weighted by Gasteiger charge is 2.29. The van der Waals surface area contributed by atoms with Crippen LogP contribution >= 0.6 is 11.8 Å². The lowest BCUT2D eigenvalue weighted by Crippen LogP contribution is -2.49. The second kappa shape index (κ2) is 7.47. The van der Waals surface area contributed by atoms with Gasteiger partial charge in [-0.1, -0.05) is 48.0 Å². The van der Waals surface area contributed by atoms with Gasteiger partial charge in [-0.25, -0.2) is 0 Å². The minimum Gasteiger partial charge on any atom is -0.353 e. The Kier molecular flexibility index (Phi) is 5.63. The Morgan fingerprint density at radius 2 is 1.77 bits per heavy atom. The molecule has 3 N–H and O–H groups in total. The number of thioether (sulfide) groups is 1. The molecular formula is C18H22N2OS. The van der Waals surface area contributed by atoms with E-state index in [9.17, 15) is 4.79 Å². The van der Waals surface area contributed by atoms with E-state index >= 15 is 0 Å². The van der Waals surface area contributed by atoms with Gasteiger partial charge in [0, 0.05) is 17.2 Å². The molecule has 0 heterocycles. The molecule has 0 radical (unpaired) electrons. The lowest BCUT2D eigenvalue weighted by atomic mass is 9.92. The molecule has 4 heteroatoms. The SMILES string of the molecule is Cc1ccc(SCCNC(=O)C(C)(N)c2ccccc2)cc1. The summed E-state index contributed by atoms with van der Waals surface area (Å²) in [7, 11) is 0. The summed E-state index contributed by atoms with van der Waals surface area (Å²) < 4.78 is 0. The van der Waals surface area contributed by atoms with Gasteiger partial charge in [-0.05, 0) is 31.5 Å². The molecule has 0 aliphatic heterocycles. The van der Waals surface area contributed by atoms with Gasteiger partial charge in [0.25, 0.3) is 0 Å². The maximum Gasteiger partial charge on any atom is 0.244 e. The van der Waals surface area contributed by atoms with Crippen molar-refractivity contribution in [2.75, 3.05) is 12.3 Å². The fraction of sp³-hybridized carbons (Fsp3) is 0.278. The molecule has 0 saturated heterocycles. The van der Waals surface area contributed by atoms with Gasteiger partial charge in [0.2, 0.25) is 5.91 Å². The van der Waals surface area contributed by atoms with Crippen molar-refractivity contribution in [1.29, 1.82) is 0 Å². The maximum atomic E-state index is 12.3. The average Bonchev–Trinajstić information content (AvgIpc) is 2.54. The number of carbonyl (C=O) groups excluding carboxylic acids is 1. The molecule has 0 aromatic heterocycles. The Hall–Kier alpha value is -1.78. The standard InChI is InChI=1S/C18H22N2OS/c1-14-8-10-16(11-9-14)22-13-12-20-17(21)18(2,19)15-6-4-3-5-7-15/h3-11H,12-13,19H2,1-2H3,(H,20,21). The van der Waals surface area contributed by atoms with E-state index in [2.05, 4.69) is 36.5 Å². The first-order valence-electron chi connectivity index (χ1n) is 7.32. The molecule has 1 atom stereocenters. The zero-order valence-corrected chi connectivity index (χ0v) is 13.8. The van der Waals surface area contributed by atoms with Crippen LogP contribution in [0.5, 0.6) is 0 Å². The van der Waals surface area contributed by atoms with E-state index in [-0.39, 0.29) is 5.91 Å². The van der Waals surface area contributed by atoms with Crippen molar-refractivity contribution in [2.45, 2.75) is 24.3 Å². The van der Waals surface area contributed by atoms with Crippen molar-refractivity contribution in [3.63, 3.8) is 0 Å². The molecule has 1 amide bonds. The van der Waals surface area contributed by atoms with Crippen LogP contribution in [-0.4, -0.2) is 18.2 Å². The number of rotatable bonds is 6. The second-order valence-corrected chi connectivity index (χ2v) is 6.65. The average molecular weight is 314 g/mol. The molecule has 0 aliphatic rings. The highest BCUT2D eigenvalue weighted by molar-refractivity contribution is 7.99. The number of carbonyl (C=O) groups is 1. The summed E-state index contributed by atoms with van der Waals surface area (Å²) in [5, 5.41) is 2.92. The fourth-order valence-electron chi connectivity index (χ4n) is 2.07. The van der Waals surface area contributed by atoms with Crippen LogP contribution in [0.1, 0.15) is 18.1 Å². The molecule has 116 valence electrons. The van der Waals surface area contributed by atoms with Crippen molar-refractivity contribution in [1.82, 2.24) is 5.32 Å². The van der Waals surface area contributed by atoms with E-state index in [0.717, 1.165) is 11.3 Å². The number of benzene rings is 2. The highest BCUT2D eigenvalue weighted by atomic mass is 32.2. The second-order valence-electron chi connectivity index (χ2n) is 5.49. The Balaban J connectivity index is 1.81. The van der Waals surface area contributed by atoms with Crippen molar-refractivity contribution in [3.05, 3.63) is 65.7 Å². The van der Waals surface area contributed by atoms with Gasteiger partial charge in [-0.3, -0.25) is 4.79 Å². The van der Waals surface area contributed by atoms with E-state index in [1.807, 2.05) is 30.3 Å². The van der Waals surface area contributed by atoms with Gasteiger partial charge < -0.3 is 11.1 Å². The minimum absolute atomic E-state index is 0.150. The molecule has 2 aromatic carbocycles. The molecule has 1 unspecified atom stereocenters. The van der Waals surface area contributed by atoms with Crippen LogP contribution in [0.15, 0.2) is 59.5 Å². The number of hydrogen-bond acceptors (Lipinski definition) is 3. The minimum atomic E-state index is -1.00. The van der Waals surface area contributed by atoms with Crippen LogP contribution in [0.3, 0.4) is 0 Å². The van der Waals surface area contributed by atoms with Crippen molar-refractivity contribution in [2.24, 2.45) is 5.73 Å². The summed E-state index contributed by atoms with van der Waals surface area (Å²) >= 11 is 1.72. The predicted molar refractivity (Wildman–Crippen MR) is 92.9 cm³/mol. The summed E-state index contributed by atoms with van der Waals surface area (Å²) in [5.74, 6) is 0.669. The molecule has 22 heavy (non-hydrogen) atoms. The first-order chi connectivity index (χ1) is 10.5. The third kappa shape index (κ3) is 4.36. The lowest BCUT2D eigenvalue weighted by molar-refractivity contribution is -0.125. The van der Waals surface area contributed by atoms with Gasteiger partial charge >= 0.3 is 0 Å². The van der Waals surface area contributed by atoms with E-state index < -0.39 is 5.54 Å². The fourth-order valence-corrected chi connectivity index (χ4v) is 2.84. The summed E-state index contributed by atoms with van der Waals surface area (Å²) in [6.45, 7) is 4.40. The van der Waals surface area contributed by atoms with E-state index in [1.165, 1.54) is 10.5 Å². The summed E-state index contributed by atoms with van der Waals surface area (Å²) in [6.07, 6.45) is 0. The van der Waals surface area contributed by atoms with E-state index in [0.29, 0.717) is 6.54 Å². The van der Waals surface area contributed by atoms with Crippen LogP contribution in [-0.2, 0) is 10.3 Å². The van der Waals surface area contributed by atoms with E-state index in [4.69, 9.17) is 5.73 Å². The zero-order valence-electron chi connectivity index (χ0n) is 13.0. The predicted octanol–water partition coefficient (Wildman–Crippen LogP) is 3.08. The molecule has 0 bridgehead atoms. The zero-order chi connectivity index (χ0) is 16.0. The van der Waals surface area contributed by atoms with Crippen LogP contribution in [0.25, 0.3) is 0 Å². The largest absolute Gasteiger partial charge is 0.353 e. The van der Waals surface area contributed by atoms with Crippen LogP contribution in [0, 0.1) is 6.92 Å². The molecule has 2 rings (SSSR count). The van der Waals surface area contributed by atoms with Crippen LogP contribution < -0.4 is 11.1 Å². The Morgan fingerprint density at radius 1 is 1.14 bits per heavy atom. The Morgan fingerprint density at radius 3 is 2.41 bits per heavy atom. The van der Waals surface area contributed by atoms with Crippen molar-refractivity contribution >= 4 is 17.7 Å². The summed E-state index contributed by atoms with van der Waals surface area (Å²) in [4.78, 5) is 13.5. The number of hydrogen-bond donors (Lipinski definition) is 2. The molecular weight excluding hydrogens is 292 g/mol. The molecule has 0 saturated carbocycles. The molecule has 0 spiro atoms. The van der Waals surface area contributed by atoms with Gasteiger partial charge in [0.1, 0.15) is 5.54 Å². The number of nitrogens with two attached hydrogens (primary N) is 1. The first-order valence-corrected chi connectivity index (χ1v) is 8.31.